The lowest BCUT2D eigenvalue weighted by molar-refractivity contribution is -0.119. The molecule has 2 aromatic heterocycles. The van der Waals surface area contributed by atoms with E-state index in [-0.39, 0.29) is 12.5 Å². The van der Waals surface area contributed by atoms with Crippen LogP contribution in [0.3, 0.4) is 0 Å². The number of hydrogen-bond donors (Lipinski definition) is 1. The van der Waals surface area contributed by atoms with Crippen LogP contribution < -0.4 is 5.32 Å². The topological polar surface area (TPSA) is 64.1 Å². The van der Waals surface area contributed by atoms with Crippen molar-refractivity contribution in [3.05, 3.63) is 54.2 Å². The number of anilines is 1. The quantitative estimate of drug-likeness (QED) is 0.780. The summed E-state index contributed by atoms with van der Waals surface area (Å²) in [5.74, 6) is -0.172. The molecule has 0 aliphatic rings. The van der Waals surface area contributed by atoms with E-state index in [0.717, 1.165) is 27.5 Å². The number of nitrogens with one attached hydrogen (secondary N) is 1. The second kappa shape index (κ2) is 7.13. The number of thiazole rings is 1. The summed E-state index contributed by atoms with van der Waals surface area (Å²) in [6.07, 6.45) is 3.52. The van der Waals surface area contributed by atoms with Crippen molar-refractivity contribution in [2.75, 3.05) is 19.0 Å². The molecule has 3 rings (SSSR count). The maximum Gasteiger partial charge on any atom is 0.250 e. The Kier molecular flexibility index (Phi) is 4.75. The predicted octanol–water partition coefficient (Wildman–Crippen LogP) is 3.46. The number of carbonyl (C=O) groups is 1. The van der Waals surface area contributed by atoms with Gasteiger partial charge in [-0.3, -0.25) is 9.78 Å². The summed E-state index contributed by atoms with van der Waals surface area (Å²) < 4.78 is 4.79. The number of aromatic nitrogens is 2. The fourth-order valence-electron chi connectivity index (χ4n) is 2.09. The molecule has 0 aliphatic heterocycles. The largest absolute Gasteiger partial charge is 0.375 e. The summed E-state index contributed by atoms with van der Waals surface area (Å²) in [5, 5.41) is 5.74. The number of pyridine rings is 1. The Hall–Kier alpha value is -2.57. The molecule has 2 heterocycles. The molecule has 3 aromatic rings. The molecule has 0 spiro atoms. The number of nitrogens with zero attached hydrogens (tertiary/aromatic N) is 2. The Labute approximate surface area is 138 Å². The third kappa shape index (κ3) is 3.80. The monoisotopic (exact) mass is 325 g/mol. The van der Waals surface area contributed by atoms with Gasteiger partial charge in [0.2, 0.25) is 5.91 Å². The van der Waals surface area contributed by atoms with Gasteiger partial charge in [-0.2, -0.15) is 0 Å². The van der Waals surface area contributed by atoms with Crippen molar-refractivity contribution in [2.24, 2.45) is 0 Å². The summed E-state index contributed by atoms with van der Waals surface area (Å²) in [4.78, 5) is 20.1. The lowest BCUT2D eigenvalue weighted by Crippen LogP contribution is -2.16. The Balaban J connectivity index is 1.75. The minimum atomic E-state index is -0.172. The third-order valence-electron chi connectivity index (χ3n) is 3.17. The Morgan fingerprint density at radius 1 is 1.13 bits per heavy atom. The summed E-state index contributed by atoms with van der Waals surface area (Å²) in [5.41, 5.74) is 3.71. The minimum Gasteiger partial charge on any atom is -0.375 e. The molecule has 23 heavy (non-hydrogen) atoms. The summed E-state index contributed by atoms with van der Waals surface area (Å²) in [6, 6.07) is 11.5. The molecule has 0 saturated carbocycles. The Morgan fingerprint density at radius 2 is 1.87 bits per heavy atom. The first-order valence-corrected chi connectivity index (χ1v) is 7.89. The van der Waals surface area contributed by atoms with Crippen LogP contribution >= 0.6 is 11.3 Å². The van der Waals surface area contributed by atoms with E-state index in [1.165, 1.54) is 7.11 Å². The van der Waals surface area contributed by atoms with Gasteiger partial charge in [-0.25, -0.2) is 4.98 Å². The van der Waals surface area contributed by atoms with E-state index in [2.05, 4.69) is 15.3 Å². The first-order chi connectivity index (χ1) is 11.3. The van der Waals surface area contributed by atoms with E-state index < -0.39 is 0 Å². The van der Waals surface area contributed by atoms with E-state index in [1.807, 2.05) is 41.8 Å². The van der Waals surface area contributed by atoms with Gasteiger partial charge in [0.25, 0.3) is 0 Å². The minimum absolute atomic E-state index is 0.0448. The second-order valence-electron chi connectivity index (χ2n) is 4.83. The molecule has 5 nitrogen and oxygen atoms in total. The van der Waals surface area contributed by atoms with Crippen molar-refractivity contribution in [2.45, 2.75) is 0 Å². The van der Waals surface area contributed by atoms with Gasteiger partial charge in [0.1, 0.15) is 11.6 Å². The normalized spacial score (nSPS) is 10.5. The van der Waals surface area contributed by atoms with Crippen LogP contribution in [0.5, 0.6) is 0 Å². The number of ether oxygens (including phenoxy) is 1. The highest BCUT2D eigenvalue weighted by Crippen LogP contribution is 2.29. The molecule has 0 radical (unpaired) electrons. The fraction of sp³-hybridized carbons (Fsp3) is 0.118. The number of hydrogen-bond acceptors (Lipinski definition) is 5. The maximum atomic E-state index is 11.5. The van der Waals surface area contributed by atoms with Crippen molar-refractivity contribution in [3.8, 4) is 21.8 Å². The highest BCUT2D eigenvalue weighted by atomic mass is 32.1. The first kappa shape index (κ1) is 15.3. The molecule has 1 aromatic carbocycles. The van der Waals surface area contributed by atoms with E-state index in [0.29, 0.717) is 0 Å². The molecular formula is C17H15N3O2S. The number of benzene rings is 1. The van der Waals surface area contributed by atoms with Gasteiger partial charge in [-0.1, -0.05) is 12.1 Å². The standard InChI is InChI=1S/C17H15N3O2S/c1-22-10-16(21)19-14-4-2-12(3-5-14)15-11-23-17(20-15)13-6-8-18-9-7-13/h2-9,11H,10H2,1H3,(H,19,21). The molecular weight excluding hydrogens is 310 g/mol. The molecule has 1 amide bonds. The third-order valence-corrected chi connectivity index (χ3v) is 4.06. The van der Waals surface area contributed by atoms with Crippen LogP contribution in [0.25, 0.3) is 21.8 Å². The van der Waals surface area contributed by atoms with Crippen molar-refractivity contribution in [1.29, 1.82) is 0 Å². The summed E-state index contributed by atoms with van der Waals surface area (Å²) in [6.45, 7) is 0.0448. The predicted molar refractivity (Wildman–Crippen MR) is 91.3 cm³/mol. The molecule has 1 N–H and O–H groups in total. The van der Waals surface area contributed by atoms with Crippen molar-refractivity contribution >= 4 is 22.9 Å². The van der Waals surface area contributed by atoms with E-state index in [1.54, 1.807) is 23.7 Å². The van der Waals surface area contributed by atoms with Gasteiger partial charge in [-0.05, 0) is 24.3 Å². The van der Waals surface area contributed by atoms with Crippen LogP contribution in [0.4, 0.5) is 5.69 Å². The molecule has 0 bridgehead atoms. The highest BCUT2D eigenvalue weighted by molar-refractivity contribution is 7.13. The van der Waals surface area contributed by atoms with Crippen LogP contribution in [0.15, 0.2) is 54.2 Å². The molecule has 0 fully saturated rings. The highest BCUT2D eigenvalue weighted by Gasteiger charge is 2.07. The average molecular weight is 325 g/mol. The van der Waals surface area contributed by atoms with Crippen molar-refractivity contribution < 1.29 is 9.53 Å². The maximum absolute atomic E-state index is 11.5. The van der Waals surface area contributed by atoms with Gasteiger partial charge in [-0.15, -0.1) is 11.3 Å². The summed E-state index contributed by atoms with van der Waals surface area (Å²) >= 11 is 1.59. The lowest BCUT2D eigenvalue weighted by atomic mass is 10.1. The Bertz CT molecular complexity index is 785. The summed E-state index contributed by atoms with van der Waals surface area (Å²) in [7, 11) is 1.49. The number of rotatable bonds is 5. The van der Waals surface area contributed by atoms with Gasteiger partial charge in [0.15, 0.2) is 0 Å². The zero-order valence-electron chi connectivity index (χ0n) is 12.5. The second-order valence-corrected chi connectivity index (χ2v) is 5.69. The van der Waals surface area contributed by atoms with Crippen LogP contribution in [-0.2, 0) is 9.53 Å². The number of amides is 1. The van der Waals surface area contributed by atoms with Crippen LogP contribution in [-0.4, -0.2) is 29.6 Å². The van der Waals surface area contributed by atoms with Crippen molar-refractivity contribution in [3.63, 3.8) is 0 Å². The zero-order chi connectivity index (χ0) is 16.1. The molecule has 0 aliphatic carbocycles. The van der Waals surface area contributed by atoms with E-state index in [9.17, 15) is 4.79 Å². The van der Waals surface area contributed by atoms with Crippen LogP contribution in [0.1, 0.15) is 0 Å². The lowest BCUT2D eigenvalue weighted by Gasteiger charge is -2.05. The van der Waals surface area contributed by atoms with Gasteiger partial charge < -0.3 is 10.1 Å². The van der Waals surface area contributed by atoms with Crippen LogP contribution in [0, 0.1) is 0 Å². The zero-order valence-corrected chi connectivity index (χ0v) is 13.3. The number of carbonyl (C=O) groups excluding carboxylic acids is 1. The Morgan fingerprint density at radius 3 is 2.57 bits per heavy atom. The molecule has 0 atom stereocenters. The van der Waals surface area contributed by atoms with E-state index >= 15 is 0 Å². The smallest absolute Gasteiger partial charge is 0.250 e. The van der Waals surface area contributed by atoms with Crippen LogP contribution in [0.2, 0.25) is 0 Å². The SMILES string of the molecule is COCC(=O)Nc1ccc(-c2csc(-c3ccncc3)n2)cc1. The van der Waals surface area contributed by atoms with Crippen molar-refractivity contribution in [1.82, 2.24) is 9.97 Å². The molecule has 0 saturated heterocycles. The molecule has 0 unspecified atom stereocenters. The average Bonchev–Trinajstić information content (AvgIpc) is 3.07. The number of methoxy groups -OCH3 is 1. The molecule has 116 valence electrons. The van der Waals surface area contributed by atoms with Gasteiger partial charge in [0, 0.05) is 41.7 Å². The van der Waals surface area contributed by atoms with Gasteiger partial charge >= 0.3 is 0 Å². The molecule has 6 heteroatoms. The first-order valence-electron chi connectivity index (χ1n) is 7.01. The fourth-order valence-corrected chi connectivity index (χ4v) is 2.92. The van der Waals surface area contributed by atoms with E-state index in [4.69, 9.17) is 4.74 Å². The van der Waals surface area contributed by atoms with Gasteiger partial charge in [0.05, 0.1) is 5.69 Å².